The van der Waals surface area contributed by atoms with Crippen molar-refractivity contribution in [1.29, 1.82) is 0 Å². The molecule has 3 aromatic heterocycles. The predicted octanol–water partition coefficient (Wildman–Crippen LogP) is 6.18. The molecule has 9 nitrogen and oxygen atoms in total. The number of halogens is 1. The second kappa shape index (κ2) is 10.2. The largest absolute Gasteiger partial charge is 0.457 e. The third-order valence-corrected chi connectivity index (χ3v) is 8.74. The molecule has 2 fully saturated rings. The number of aromatic nitrogens is 5. The quantitative estimate of drug-likeness (QED) is 0.247. The van der Waals surface area contributed by atoms with Gasteiger partial charge in [0.2, 0.25) is 5.91 Å². The van der Waals surface area contributed by atoms with Crippen LogP contribution in [0.2, 0.25) is 0 Å². The molecule has 5 aromatic rings. The Labute approximate surface area is 242 Å². The first-order valence-electron chi connectivity index (χ1n) is 14.1. The summed E-state index contributed by atoms with van der Waals surface area (Å²) < 4.78 is 23.6. The molecule has 1 N–H and O–H groups in total. The first kappa shape index (κ1) is 26.1. The molecule has 212 valence electrons. The summed E-state index contributed by atoms with van der Waals surface area (Å²) in [6.45, 7) is 6.09. The average molecular weight is 564 g/mol. The molecule has 1 amide bonds. The number of nitrogens with zero attached hydrogens (tertiary/aromatic N) is 6. The van der Waals surface area contributed by atoms with Crippen LogP contribution in [0.5, 0.6) is 11.5 Å². The van der Waals surface area contributed by atoms with Gasteiger partial charge in [-0.15, -0.1) is 0 Å². The zero-order valence-corrected chi connectivity index (χ0v) is 23.4. The second-order valence-electron chi connectivity index (χ2n) is 11.0. The summed E-state index contributed by atoms with van der Waals surface area (Å²) in [4.78, 5) is 32.4. The Morgan fingerprint density at radius 2 is 1.98 bits per heavy atom. The number of hydrogen-bond acceptors (Lipinski definition) is 7. The Kier molecular flexibility index (Phi) is 6.33. The van der Waals surface area contributed by atoms with E-state index in [2.05, 4.69) is 26.8 Å². The number of pyridine rings is 1. The molecule has 1 aliphatic heterocycles. The highest BCUT2D eigenvalue weighted by atomic mass is 19.1. The van der Waals surface area contributed by atoms with E-state index in [-0.39, 0.29) is 23.6 Å². The zero-order valence-electron chi connectivity index (χ0n) is 23.4. The molecule has 1 saturated heterocycles. The van der Waals surface area contributed by atoms with E-state index in [4.69, 9.17) is 9.72 Å². The highest BCUT2D eigenvalue weighted by molar-refractivity contribution is 5.88. The summed E-state index contributed by atoms with van der Waals surface area (Å²) in [5.41, 5.74) is 4.62. The average Bonchev–Trinajstić information content (AvgIpc) is 3.72. The van der Waals surface area contributed by atoms with Gasteiger partial charge in [-0.25, -0.2) is 24.3 Å². The van der Waals surface area contributed by atoms with Gasteiger partial charge in [0.15, 0.2) is 11.6 Å². The standard InChI is InChI=1S/C32H30FN7O2/c1-4-29(41)40-14-13-21-20(6-11-26(21)40)22-7-8-24-31(37-22)32(35-16-34-24)38-23-9-12-28(18(2)30(23)33)42-19-5-10-27-25(15-19)36-17-39(27)3/h4-5,7-10,12,15-17,20-21,26H,1,6,11,13-14H2,2-3H3,(H,34,35,38)/t20?,21-,26?/m1/s1. The van der Waals surface area contributed by atoms with Crippen LogP contribution < -0.4 is 10.1 Å². The Hall–Kier alpha value is -4.86. The van der Waals surface area contributed by atoms with E-state index < -0.39 is 5.82 Å². The van der Waals surface area contributed by atoms with Crippen LogP contribution >= 0.6 is 0 Å². The van der Waals surface area contributed by atoms with Gasteiger partial charge < -0.3 is 19.5 Å². The van der Waals surface area contributed by atoms with Crippen LogP contribution in [0.3, 0.4) is 0 Å². The van der Waals surface area contributed by atoms with Gasteiger partial charge in [0.25, 0.3) is 0 Å². The second-order valence-corrected chi connectivity index (χ2v) is 11.0. The van der Waals surface area contributed by atoms with Crippen molar-refractivity contribution >= 4 is 39.5 Å². The minimum atomic E-state index is -0.439. The molecule has 7 rings (SSSR count). The molecule has 4 heterocycles. The van der Waals surface area contributed by atoms with Gasteiger partial charge in [-0.3, -0.25) is 4.79 Å². The lowest BCUT2D eigenvalue weighted by Crippen LogP contribution is -2.34. The lowest BCUT2D eigenvalue weighted by atomic mass is 9.90. The first-order chi connectivity index (χ1) is 20.4. The maximum Gasteiger partial charge on any atom is 0.246 e. The number of fused-ring (bicyclic) bond motifs is 3. The maximum atomic E-state index is 15.6. The summed E-state index contributed by atoms with van der Waals surface area (Å²) in [7, 11) is 1.93. The fourth-order valence-electron chi connectivity index (χ4n) is 6.60. The fourth-order valence-corrected chi connectivity index (χ4v) is 6.60. The summed E-state index contributed by atoms with van der Waals surface area (Å²) in [6, 6.07) is 13.2. The molecule has 2 aliphatic rings. The third kappa shape index (κ3) is 4.34. The number of carbonyl (C=O) groups excluding carboxylic acids is 1. The number of amides is 1. The Morgan fingerprint density at radius 1 is 1.10 bits per heavy atom. The van der Waals surface area contributed by atoms with Crippen LogP contribution in [-0.2, 0) is 11.8 Å². The molecule has 0 bridgehead atoms. The van der Waals surface area contributed by atoms with Crippen molar-refractivity contribution in [2.24, 2.45) is 13.0 Å². The summed E-state index contributed by atoms with van der Waals surface area (Å²) in [5.74, 6) is 1.57. The van der Waals surface area contributed by atoms with E-state index in [1.54, 1.807) is 25.4 Å². The number of likely N-dealkylation sites (tertiary alicyclic amines) is 1. The van der Waals surface area contributed by atoms with Crippen molar-refractivity contribution in [2.45, 2.75) is 38.1 Å². The van der Waals surface area contributed by atoms with Crippen LogP contribution in [0, 0.1) is 18.7 Å². The zero-order chi connectivity index (χ0) is 29.0. The molecular formula is C32H30FN7O2. The molecule has 0 radical (unpaired) electrons. The minimum Gasteiger partial charge on any atom is -0.457 e. The smallest absolute Gasteiger partial charge is 0.246 e. The van der Waals surface area contributed by atoms with E-state index >= 15 is 4.39 Å². The molecule has 1 aliphatic carbocycles. The Morgan fingerprint density at radius 3 is 2.83 bits per heavy atom. The van der Waals surface area contributed by atoms with Gasteiger partial charge >= 0.3 is 0 Å². The van der Waals surface area contributed by atoms with Crippen molar-refractivity contribution in [3.05, 3.63) is 84.8 Å². The molecule has 3 atom stereocenters. The monoisotopic (exact) mass is 563 g/mol. The number of aryl methyl sites for hydroxylation is 1. The molecule has 42 heavy (non-hydrogen) atoms. The van der Waals surface area contributed by atoms with Crippen molar-refractivity contribution in [3.8, 4) is 11.5 Å². The SMILES string of the molecule is C=CC(=O)N1CC[C@@H]2C(c3ccc4ncnc(Nc5ccc(Oc6ccc7c(c6)ncn7C)c(C)c5F)c4n3)CCC21. The van der Waals surface area contributed by atoms with E-state index in [0.717, 1.165) is 42.5 Å². The predicted molar refractivity (Wildman–Crippen MR) is 158 cm³/mol. The number of ether oxygens (including phenoxy) is 1. The van der Waals surface area contributed by atoms with Crippen molar-refractivity contribution in [1.82, 2.24) is 29.4 Å². The third-order valence-electron chi connectivity index (χ3n) is 8.74. The molecular weight excluding hydrogens is 533 g/mol. The summed E-state index contributed by atoms with van der Waals surface area (Å²) in [6.07, 6.45) is 7.43. The van der Waals surface area contributed by atoms with Crippen LogP contribution in [0.4, 0.5) is 15.9 Å². The van der Waals surface area contributed by atoms with Gasteiger partial charge in [0.05, 0.1) is 28.6 Å². The van der Waals surface area contributed by atoms with Gasteiger partial charge in [-0.1, -0.05) is 6.58 Å². The minimum absolute atomic E-state index is 0.00230. The van der Waals surface area contributed by atoms with Crippen molar-refractivity contribution in [2.75, 3.05) is 11.9 Å². The Balaban J connectivity index is 1.15. The van der Waals surface area contributed by atoms with Crippen LogP contribution in [0.15, 0.2) is 67.8 Å². The lowest BCUT2D eigenvalue weighted by molar-refractivity contribution is -0.126. The van der Waals surface area contributed by atoms with E-state index in [9.17, 15) is 4.79 Å². The van der Waals surface area contributed by atoms with Gasteiger partial charge in [-0.2, -0.15) is 0 Å². The van der Waals surface area contributed by atoms with E-state index in [1.165, 1.54) is 12.4 Å². The van der Waals surface area contributed by atoms with Crippen molar-refractivity contribution < 1.29 is 13.9 Å². The number of carbonyl (C=O) groups is 1. The van der Waals surface area contributed by atoms with Gasteiger partial charge in [0.1, 0.15) is 23.3 Å². The molecule has 0 spiro atoms. The highest BCUT2D eigenvalue weighted by Gasteiger charge is 2.45. The number of nitrogens with one attached hydrogen (secondary N) is 1. The number of rotatable bonds is 6. The number of benzene rings is 2. The number of imidazole rings is 1. The van der Waals surface area contributed by atoms with Crippen LogP contribution in [-0.4, -0.2) is 47.9 Å². The highest BCUT2D eigenvalue weighted by Crippen LogP contribution is 2.47. The van der Waals surface area contributed by atoms with Crippen LogP contribution in [0.1, 0.15) is 36.4 Å². The maximum absolute atomic E-state index is 15.6. The van der Waals surface area contributed by atoms with Crippen molar-refractivity contribution in [3.63, 3.8) is 0 Å². The summed E-state index contributed by atoms with van der Waals surface area (Å²) in [5, 5.41) is 3.15. The molecule has 1 saturated carbocycles. The van der Waals surface area contributed by atoms with E-state index in [1.807, 2.05) is 46.8 Å². The number of anilines is 2. The topological polar surface area (TPSA) is 98.1 Å². The lowest BCUT2D eigenvalue weighted by Gasteiger charge is -2.23. The summed E-state index contributed by atoms with van der Waals surface area (Å²) >= 11 is 0. The molecule has 2 aromatic carbocycles. The van der Waals surface area contributed by atoms with Crippen LogP contribution in [0.25, 0.3) is 22.1 Å². The Bertz CT molecular complexity index is 1870. The molecule has 10 heteroatoms. The normalized spacial score (nSPS) is 19.8. The fraction of sp³-hybridized carbons (Fsp3) is 0.281. The number of hydrogen-bond donors (Lipinski definition) is 1. The first-order valence-corrected chi connectivity index (χ1v) is 14.1. The van der Waals surface area contributed by atoms with Gasteiger partial charge in [-0.05, 0) is 74.6 Å². The van der Waals surface area contributed by atoms with Gasteiger partial charge in [0, 0.05) is 42.9 Å². The molecule has 2 unspecified atom stereocenters. The van der Waals surface area contributed by atoms with E-state index in [0.29, 0.717) is 39.8 Å².